The number of anilines is 1. The molecule has 0 aromatic carbocycles. The predicted octanol–water partition coefficient (Wildman–Crippen LogP) is 2.71. The fourth-order valence-corrected chi connectivity index (χ4v) is 3.12. The zero-order valence-electron chi connectivity index (χ0n) is 14.3. The molecule has 2 heterocycles. The van der Waals surface area contributed by atoms with Crippen LogP contribution in [-0.2, 0) is 0 Å². The molecule has 1 saturated heterocycles. The quantitative estimate of drug-likeness (QED) is 0.902. The summed E-state index contributed by atoms with van der Waals surface area (Å²) in [7, 11) is 0. The molecule has 0 spiro atoms. The van der Waals surface area contributed by atoms with E-state index in [1.54, 1.807) is 0 Å². The lowest BCUT2D eigenvalue weighted by molar-refractivity contribution is 0.0820. The number of piperidine rings is 1. The second kappa shape index (κ2) is 6.69. The van der Waals surface area contributed by atoms with Crippen LogP contribution in [0.25, 0.3) is 0 Å². The largest absolute Gasteiger partial charge is 0.393 e. The molecule has 2 rings (SSSR count). The molecule has 2 amide bonds. The van der Waals surface area contributed by atoms with Gasteiger partial charge in [-0.1, -0.05) is 0 Å². The maximum Gasteiger partial charge on any atom is 0.321 e. The van der Waals surface area contributed by atoms with Gasteiger partial charge in [-0.15, -0.1) is 0 Å². The van der Waals surface area contributed by atoms with Gasteiger partial charge in [0.25, 0.3) is 0 Å². The molecule has 6 nitrogen and oxygen atoms in total. The normalized spacial score (nSPS) is 17.9. The molecule has 1 atom stereocenters. The van der Waals surface area contributed by atoms with Crippen LogP contribution < -0.4 is 5.32 Å². The monoisotopic (exact) mass is 308 g/mol. The highest BCUT2D eigenvalue weighted by atomic mass is 16.3. The Morgan fingerprint density at radius 2 is 1.86 bits per heavy atom. The van der Waals surface area contributed by atoms with Crippen LogP contribution in [0.15, 0.2) is 0 Å². The first-order valence-corrected chi connectivity index (χ1v) is 8.11. The van der Waals surface area contributed by atoms with Crippen LogP contribution in [0.2, 0.25) is 0 Å². The first-order chi connectivity index (χ1) is 10.3. The van der Waals surface area contributed by atoms with Crippen molar-refractivity contribution >= 4 is 11.7 Å². The van der Waals surface area contributed by atoms with E-state index >= 15 is 0 Å². The third-order valence-corrected chi connectivity index (χ3v) is 4.56. The molecular weight excluding hydrogens is 280 g/mol. The number of aliphatic hydroxyl groups is 1. The van der Waals surface area contributed by atoms with E-state index in [0.717, 1.165) is 29.9 Å². The highest BCUT2D eigenvalue weighted by Gasteiger charge is 2.26. The fourth-order valence-electron chi connectivity index (χ4n) is 3.12. The van der Waals surface area contributed by atoms with Crippen molar-refractivity contribution in [3.05, 3.63) is 11.4 Å². The van der Waals surface area contributed by atoms with Crippen LogP contribution in [-0.4, -0.2) is 45.0 Å². The Kier molecular flexibility index (Phi) is 5.11. The van der Waals surface area contributed by atoms with Gasteiger partial charge in [-0.2, -0.15) is 5.10 Å². The van der Waals surface area contributed by atoms with Crippen molar-refractivity contribution in [2.75, 3.05) is 18.4 Å². The van der Waals surface area contributed by atoms with Crippen LogP contribution in [0.4, 0.5) is 10.5 Å². The summed E-state index contributed by atoms with van der Waals surface area (Å²) >= 11 is 0. The second-order valence-corrected chi connectivity index (χ2v) is 6.58. The number of likely N-dealkylation sites (tertiary alicyclic amines) is 1. The molecule has 0 bridgehead atoms. The number of carbonyl (C=O) groups is 1. The van der Waals surface area contributed by atoms with Crippen molar-refractivity contribution in [1.29, 1.82) is 0 Å². The van der Waals surface area contributed by atoms with Crippen molar-refractivity contribution < 1.29 is 9.90 Å². The van der Waals surface area contributed by atoms with E-state index < -0.39 is 0 Å². The molecule has 1 aliphatic rings. The third kappa shape index (κ3) is 3.43. The van der Waals surface area contributed by atoms with Crippen LogP contribution in [0, 0.1) is 19.8 Å². The second-order valence-electron chi connectivity index (χ2n) is 6.58. The molecule has 6 heteroatoms. The summed E-state index contributed by atoms with van der Waals surface area (Å²) in [5.74, 6) is 0.302. The van der Waals surface area contributed by atoms with Crippen molar-refractivity contribution in [3.8, 4) is 0 Å². The average Bonchev–Trinajstić information content (AvgIpc) is 2.75. The van der Waals surface area contributed by atoms with Crippen molar-refractivity contribution in [2.45, 2.75) is 59.6 Å². The maximum atomic E-state index is 12.4. The lowest BCUT2D eigenvalue weighted by atomic mass is 9.92. The van der Waals surface area contributed by atoms with E-state index in [0.29, 0.717) is 19.0 Å². The van der Waals surface area contributed by atoms with Gasteiger partial charge in [0.15, 0.2) is 0 Å². The van der Waals surface area contributed by atoms with E-state index in [-0.39, 0.29) is 18.2 Å². The van der Waals surface area contributed by atoms with Crippen molar-refractivity contribution in [1.82, 2.24) is 14.7 Å². The van der Waals surface area contributed by atoms with Gasteiger partial charge >= 0.3 is 6.03 Å². The number of nitrogens with zero attached hydrogens (tertiary/aromatic N) is 3. The van der Waals surface area contributed by atoms with E-state index in [1.807, 2.05) is 30.4 Å². The van der Waals surface area contributed by atoms with Gasteiger partial charge in [-0.25, -0.2) is 4.79 Å². The van der Waals surface area contributed by atoms with Crippen LogP contribution >= 0.6 is 0 Å². The Morgan fingerprint density at radius 1 is 1.27 bits per heavy atom. The lowest BCUT2D eigenvalue weighted by Gasteiger charge is -2.33. The van der Waals surface area contributed by atoms with Crippen LogP contribution in [0.3, 0.4) is 0 Å². The highest BCUT2D eigenvalue weighted by Crippen LogP contribution is 2.24. The molecule has 1 aliphatic heterocycles. The topological polar surface area (TPSA) is 70.4 Å². The molecule has 2 N–H and O–H groups in total. The number of carbonyl (C=O) groups excluding carboxylic acids is 1. The Balaban J connectivity index is 2.01. The van der Waals surface area contributed by atoms with Crippen molar-refractivity contribution in [2.24, 2.45) is 5.92 Å². The minimum Gasteiger partial charge on any atom is -0.393 e. The van der Waals surface area contributed by atoms with Crippen molar-refractivity contribution in [3.63, 3.8) is 0 Å². The maximum absolute atomic E-state index is 12.4. The number of urea groups is 1. The number of aryl methyl sites for hydroxylation is 1. The number of nitrogens with one attached hydrogen (secondary N) is 1. The molecule has 1 aromatic heterocycles. The molecule has 0 saturated carbocycles. The van der Waals surface area contributed by atoms with Gasteiger partial charge in [0.2, 0.25) is 0 Å². The first-order valence-electron chi connectivity index (χ1n) is 8.11. The summed E-state index contributed by atoms with van der Waals surface area (Å²) < 4.78 is 1.94. The Morgan fingerprint density at radius 3 is 2.32 bits per heavy atom. The number of amides is 2. The first kappa shape index (κ1) is 16.8. The summed E-state index contributed by atoms with van der Waals surface area (Å²) in [6.45, 7) is 11.3. The molecule has 1 aromatic rings. The highest BCUT2D eigenvalue weighted by molar-refractivity contribution is 5.90. The van der Waals surface area contributed by atoms with E-state index in [1.165, 1.54) is 0 Å². The van der Waals surface area contributed by atoms with Crippen LogP contribution in [0.1, 0.15) is 51.0 Å². The minimum atomic E-state index is -0.293. The number of hydrogen-bond donors (Lipinski definition) is 2. The Labute approximate surface area is 132 Å². The van der Waals surface area contributed by atoms with E-state index in [9.17, 15) is 9.90 Å². The standard InChI is InChI=1S/C16H28N4O2/c1-10(2)20-12(4)15(11(3)18-20)17-16(22)19-8-6-14(7-9-19)13(5)21/h10,13-14,21H,6-9H2,1-5H3,(H,17,22)/t13-/m1/s1. The minimum absolute atomic E-state index is 0.0708. The molecule has 0 unspecified atom stereocenters. The lowest BCUT2D eigenvalue weighted by Crippen LogP contribution is -2.43. The molecule has 1 fully saturated rings. The number of aromatic nitrogens is 2. The van der Waals surface area contributed by atoms with Crippen LogP contribution in [0.5, 0.6) is 0 Å². The summed E-state index contributed by atoms with van der Waals surface area (Å²) in [6, 6.07) is 0.199. The summed E-state index contributed by atoms with van der Waals surface area (Å²) in [6.07, 6.45) is 1.42. The summed E-state index contributed by atoms with van der Waals surface area (Å²) in [4.78, 5) is 14.3. The Hall–Kier alpha value is -1.56. The number of aliphatic hydroxyl groups excluding tert-OH is 1. The fraction of sp³-hybridized carbons (Fsp3) is 0.750. The molecule has 0 aliphatic carbocycles. The summed E-state index contributed by atoms with van der Waals surface area (Å²) in [5, 5.41) is 17.1. The van der Waals surface area contributed by atoms with E-state index in [4.69, 9.17) is 0 Å². The molecule has 124 valence electrons. The third-order valence-electron chi connectivity index (χ3n) is 4.56. The SMILES string of the molecule is Cc1nn(C(C)C)c(C)c1NC(=O)N1CCC([C@@H](C)O)CC1. The zero-order valence-corrected chi connectivity index (χ0v) is 14.3. The number of hydrogen-bond acceptors (Lipinski definition) is 3. The molecule has 22 heavy (non-hydrogen) atoms. The van der Waals surface area contributed by atoms with Gasteiger partial charge in [-0.05, 0) is 53.4 Å². The number of rotatable bonds is 3. The van der Waals surface area contributed by atoms with Gasteiger partial charge in [0, 0.05) is 19.1 Å². The van der Waals surface area contributed by atoms with E-state index in [2.05, 4.69) is 24.3 Å². The van der Waals surface area contributed by atoms with Gasteiger partial charge in [0.1, 0.15) is 0 Å². The molecular formula is C16H28N4O2. The predicted molar refractivity (Wildman–Crippen MR) is 87.1 cm³/mol. The van der Waals surface area contributed by atoms with Gasteiger partial charge in [-0.3, -0.25) is 4.68 Å². The average molecular weight is 308 g/mol. The summed E-state index contributed by atoms with van der Waals surface area (Å²) in [5.41, 5.74) is 2.65. The van der Waals surface area contributed by atoms with Gasteiger partial charge < -0.3 is 15.3 Å². The van der Waals surface area contributed by atoms with Gasteiger partial charge in [0.05, 0.1) is 23.2 Å². The molecule has 0 radical (unpaired) electrons. The zero-order chi connectivity index (χ0) is 16.4. The Bertz CT molecular complexity index is 528. The smallest absolute Gasteiger partial charge is 0.321 e.